The average molecular weight is 441 g/mol. The quantitative estimate of drug-likeness (QED) is 0.366. The number of carbonyl (C=O) groups excluding carboxylic acids is 2. The van der Waals surface area contributed by atoms with Crippen LogP contribution in [0.4, 0.5) is 0 Å². The van der Waals surface area contributed by atoms with E-state index in [9.17, 15) is 9.59 Å². The fourth-order valence-corrected chi connectivity index (χ4v) is 4.47. The van der Waals surface area contributed by atoms with Gasteiger partial charge in [-0.2, -0.15) is 0 Å². The van der Waals surface area contributed by atoms with Crippen molar-refractivity contribution in [3.63, 3.8) is 0 Å². The second-order valence-corrected chi connectivity index (χ2v) is 8.38. The first-order valence-electron chi connectivity index (χ1n) is 10.4. The van der Waals surface area contributed by atoms with Gasteiger partial charge in [0, 0.05) is 22.2 Å². The van der Waals surface area contributed by atoms with E-state index in [2.05, 4.69) is 0 Å². The molecule has 0 atom stereocenters. The third-order valence-electron chi connectivity index (χ3n) is 5.79. The van der Waals surface area contributed by atoms with Crippen LogP contribution < -0.4 is 14.2 Å². The van der Waals surface area contributed by atoms with Crippen molar-refractivity contribution in [1.29, 1.82) is 0 Å². The minimum absolute atomic E-state index is 0.0574. The van der Waals surface area contributed by atoms with Gasteiger partial charge in [0.05, 0.1) is 18.1 Å². The molecule has 7 heteroatoms. The number of hydrogen-bond donors (Lipinski definition) is 0. The van der Waals surface area contributed by atoms with Crippen LogP contribution in [0.25, 0.3) is 6.08 Å². The van der Waals surface area contributed by atoms with E-state index in [-0.39, 0.29) is 30.2 Å². The Hall–Kier alpha value is -2.83. The number of carbonyl (C=O) groups is 2. The molecule has 5 rings (SSSR count). The van der Waals surface area contributed by atoms with Crippen molar-refractivity contribution in [2.75, 3.05) is 6.79 Å². The van der Waals surface area contributed by atoms with Gasteiger partial charge in [-0.3, -0.25) is 9.59 Å². The number of benzene rings is 2. The largest absolute Gasteiger partial charge is 0.467 e. The van der Waals surface area contributed by atoms with E-state index in [1.54, 1.807) is 36.4 Å². The number of ketones is 1. The van der Waals surface area contributed by atoms with Crippen LogP contribution in [0.15, 0.2) is 36.1 Å². The predicted octanol–water partition coefficient (Wildman–Crippen LogP) is 5.31. The number of Topliss-reactive ketones (excluding diaryl/α,β-unsaturated/α-hetero) is 1. The van der Waals surface area contributed by atoms with Gasteiger partial charge in [0.2, 0.25) is 5.78 Å². The van der Waals surface area contributed by atoms with Crippen LogP contribution in [0.1, 0.15) is 53.6 Å². The highest BCUT2D eigenvalue weighted by Crippen LogP contribution is 2.38. The first-order valence-corrected chi connectivity index (χ1v) is 10.8. The molecule has 0 unspecified atom stereocenters. The molecule has 2 aromatic carbocycles. The zero-order valence-corrected chi connectivity index (χ0v) is 17.6. The van der Waals surface area contributed by atoms with Gasteiger partial charge in [0.25, 0.3) is 0 Å². The first kappa shape index (κ1) is 20.1. The lowest BCUT2D eigenvalue weighted by Crippen LogP contribution is -2.22. The van der Waals surface area contributed by atoms with Crippen LogP contribution in [0, 0.1) is 5.92 Å². The molecule has 0 saturated heterocycles. The zero-order valence-electron chi connectivity index (χ0n) is 16.8. The second kappa shape index (κ2) is 8.36. The predicted molar refractivity (Wildman–Crippen MR) is 113 cm³/mol. The molecule has 160 valence electrons. The van der Waals surface area contributed by atoms with Gasteiger partial charge in [0.1, 0.15) is 17.2 Å². The molecule has 0 radical (unpaired) electrons. The molecule has 0 aromatic heterocycles. The fraction of sp³-hybridized carbons (Fsp3) is 0.333. The number of halogens is 1. The highest BCUT2D eigenvalue weighted by Gasteiger charge is 2.30. The standard InChI is InChI=1S/C24H21ClO6/c25-17-8-15(23-16(9-17)12-28-13-29-23)10-21-22(26)19-7-6-18(11-20(19)31-21)30-24(27)14-4-2-1-3-5-14/h6-11,14H,1-5,12-13H2. The highest BCUT2D eigenvalue weighted by atomic mass is 35.5. The molecule has 1 fully saturated rings. The van der Waals surface area contributed by atoms with Crippen LogP contribution in [-0.4, -0.2) is 18.5 Å². The summed E-state index contributed by atoms with van der Waals surface area (Å²) in [4.78, 5) is 25.3. The zero-order chi connectivity index (χ0) is 21.4. The highest BCUT2D eigenvalue weighted by molar-refractivity contribution is 6.31. The molecule has 0 bridgehead atoms. The van der Waals surface area contributed by atoms with Crippen LogP contribution in [0.5, 0.6) is 17.2 Å². The molecule has 1 aliphatic carbocycles. The van der Waals surface area contributed by atoms with E-state index in [1.807, 2.05) is 0 Å². The lowest BCUT2D eigenvalue weighted by Gasteiger charge is -2.20. The topological polar surface area (TPSA) is 71.1 Å². The molecule has 6 nitrogen and oxygen atoms in total. The fourth-order valence-electron chi connectivity index (χ4n) is 4.23. The maximum atomic E-state index is 12.8. The summed E-state index contributed by atoms with van der Waals surface area (Å²) in [6.45, 7) is 0.520. The second-order valence-electron chi connectivity index (χ2n) is 7.95. The minimum atomic E-state index is -0.249. The van der Waals surface area contributed by atoms with E-state index < -0.39 is 0 Å². The van der Waals surface area contributed by atoms with E-state index in [0.717, 1.165) is 31.2 Å². The summed E-state index contributed by atoms with van der Waals surface area (Å²) in [7, 11) is 0. The Labute approximate surface area is 184 Å². The lowest BCUT2D eigenvalue weighted by atomic mass is 9.89. The van der Waals surface area contributed by atoms with Gasteiger partial charge >= 0.3 is 5.97 Å². The Morgan fingerprint density at radius 3 is 2.81 bits per heavy atom. The van der Waals surface area contributed by atoms with Crippen LogP contribution in [-0.2, 0) is 16.1 Å². The van der Waals surface area contributed by atoms with E-state index in [1.165, 1.54) is 6.42 Å². The number of rotatable bonds is 3. The summed E-state index contributed by atoms with van der Waals surface area (Å²) >= 11 is 6.21. The van der Waals surface area contributed by atoms with Gasteiger partial charge in [-0.15, -0.1) is 0 Å². The molecule has 2 aromatic rings. The number of esters is 1. The molecule has 3 aliphatic rings. The molecule has 31 heavy (non-hydrogen) atoms. The summed E-state index contributed by atoms with van der Waals surface area (Å²) in [5.41, 5.74) is 1.88. The normalized spacial score (nSPS) is 19.4. The van der Waals surface area contributed by atoms with Crippen LogP contribution in [0.2, 0.25) is 5.02 Å². The molecular formula is C24H21ClO6. The number of allylic oxidation sites excluding steroid dienone is 1. The van der Waals surface area contributed by atoms with Gasteiger partial charge < -0.3 is 18.9 Å². The average Bonchev–Trinajstić information content (AvgIpc) is 3.09. The molecule has 1 saturated carbocycles. The first-order chi connectivity index (χ1) is 15.1. The summed E-state index contributed by atoms with van der Waals surface area (Å²) in [5, 5.41) is 0.513. The molecule has 0 amide bonds. The Morgan fingerprint density at radius 1 is 1.13 bits per heavy atom. The third-order valence-corrected chi connectivity index (χ3v) is 6.01. The smallest absolute Gasteiger partial charge is 0.314 e. The molecule has 2 heterocycles. The van der Waals surface area contributed by atoms with Gasteiger partial charge in [-0.05, 0) is 43.2 Å². The summed E-state index contributed by atoms with van der Waals surface area (Å²) in [6.07, 6.45) is 6.62. The van der Waals surface area contributed by atoms with E-state index in [0.29, 0.717) is 40.0 Å². The van der Waals surface area contributed by atoms with Crippen molar-refractivity contribution in [2.24, 2.45) is 5.92 Å². The van der Waals surface area contributed by atoms with Crippen molar-refractivity contribution >= 4 is 29.4 Å². The molecule has 0 N–H and O–H groups in total. The summed E-state index contributed by atoms with van der Waals surface area (Å²) in [6, 6.07) is 8.34. The summed E-state index contributed by atoms with van der Waals surface area (Å²) < 4.78 is 22.3. The molecular weight excluding hydrogens is 420 g/mol. The van der Waals surface area contributed by atoms with E-state index >= 15 is 0 Å². The van der Waals surface area contributed by atoms with E-state index in [4.69, 9.17) is 30.5 Å². The number of ether oxygens (including phenoxy) is 4. The lowest BCUT2D eigenvalue weighted by molar-refractivity contribution is -0.139. The number of fused-ring (bicyclic) bond motifs is 2. The number of hydrogen-bond acceptors (Lipinski definition) is 6. The van der Waals surface area contributed by atoms with Gasteiger partial charge in [0.15, 0.2) is 12.6 Å². The monoisotopic (exact) mass is 440 g/mol. The van der Waals surface area contributed by atoms with Crippen molar-refractivity contribution in [1.82, 2.24) is 0 Å². The Bertz CT molecular complexity index is 1080. The molecule has 2 aliphatic heterocycles. The van der Waals surface area contributed by atoms with Crippen molar-refractivity contribution < 1.29 is 28.5 Å². The maximum absolute atomic E-state index is 12.8. The van der Waals surface area contributed by atoms with Crippen molar-refractivity contribution in [3.8, 4) is 17.2 Å². The summed E-state index contributed by atoms with van der Waals surface area (Å²) in [5.74, 6) is 1.00. The minimum Gasteiger partial charge on any atom is -0.467 e. The Balaban J connectivity index is 1.38. The van der Waals surface area contributed by atoms with Gasteiger partial charge in [-0.1, -0.05) is 30.9 Å². The van der Waals surface area contributed by atoms with Crippen molar-refractivity contribution in [3.05, 3.63) is 57.8 Å². The Kier molecular flexibility index (Phi) is 5.42. The Morgan fingerprint density at radius 2 is 1.97 bits per heavy atom. The van der Waals surface area contributed by atoms with Gasteiger partial charge in [-0.25, -0.2) is 0 Å². The third kappa shape index (κ3) is 4.05. The maximum Gasteiger partial charge on any atom is 0.314 e. The van der Waals surface area contributed by atoms with Crippen LogP contribution >= 0.6 is 11.6 Å². The SMILES string of the molecule is O=C1C(=Cc2cc(Cl)cc3c2OCOC3)Oc2cc(OC(=O)C3CCCCC3)ccc21. The van der Waals surface area contributed by atoms with Crippen LogP contribution in [0.3, 0.4) is 0 Å². The van der Waals surface area contributed by atoms with Crippen molar-refractivity contribution in [2.45, 2.75) is 38.7 Å². The molecule has 0 spiro atoms.